The van der Waals surface area contributed by atoms with Crippen molar-refractivity contribution in [1.82, 2.24) is 20.2 Å². The van der Waals surface area contributed by atoms with Crippen molar-refractivity contribution in [3.8, 4) is 12.1 Å². The van der Waals surface area contributed by atoms with E-state index in [1.165, 1.54) is 26.9 Å². The lowest BCUT2D eigenvalue weighted by Gasteiger charge is -2.41. The molecule has 0 spiro atoms. The molecule has 10 heteroatoms. The largest absolute Gasteiger partial charge is 0.465 e. The SMILES string of the molecule is Cc1cccc2cccc(N3CCc4c(nc(OCC5CCCN5)nc4N4CCN(C(=O)O)C(CC#N)C4)C3)c12. The second kappa shape index (κ2) is 11.2. The van der Waals surface area contributed by atoms with Gasteiger partial charge in [0.15, 0.2) is 0 Å². The minimum Gasteiger partial charge on any atom is -0.465 e. The van der Waals surface area contributed by atoms with E-state index < -0.39 is 12.1 Å². The zero-order valence-corrected chi connectivity index (χ0v) is 22.8. The van der Waals surface area contributed by atoms with E-state index >= 15 is 0 Å². The Hall–Kier alpha value is -4.10. The third kappa shape index (κ3) is 5.09. The predicted molar refractivity (Wildman–Crippen MR) is 153 cm³/mol. The number of piperazine rings is 1. The van der Waals surface area contributed by atoms with E-state index in [1.807, 2.05) is 0 Å². The molecule has 40 heavy (non-hydrogen) atoms. The molecule has 2 saturated heterocycles. The van der Waals surface area contributed by atoms with Gasteiger partial charge in [0.1, 0.15) is 12.4 Å². The minimum absolute atomic E-state index is 0.140. The van der Waals surface area contributed by atoms with Gasteiger partial charge in [-0.25, -0.2) is 4.79 Å². The number of nitrogens with one attached hydrogen (secondary N) is 1. The number of carbonyl (C=O) groups is 1. The van der Waals surface area contributed by atoms with Crippen molar-refractivity contribution in [2.24, 2.45) is 0 Å². The van der Waals surface area contributed by atoms with Crippen LogP contribution in [-0.4, -0.2) is 77.5 Å². The van der Waals surface area contributed by atoms with E-state index in [4.69, 9.17) is 14.7 Å². The van der Waals surface area contributed by atoms with Gasteiger partial charge in [0.05, 0.1) is 30.8 Å². The Morgan fingerprint density at radius 3 is 2.80 bits per heavy atom. The van der Waals surface area contributed by atoms with Gasteiger partial charge in [0.25, 0.3) is 0 Å². The number of benzene rings is 2. The quantitative estimate of drug-likeness (QED) is 0.481. The molecule has 2 N–H and O–H groups in total. The lowest BCUT2D eigenvalue weighted by atomic mass is 9.99. The Morgan fingerprint density at radius 1 is 1.18 bits per heavy atom. The first kappa shape index (κ1) is 26.1. The van der Waals surface area contributed by atoms with E-state index in [2.05, 4.69) is 64.5 Å². The molecule has 4 heterocycles. The highest BCUT2D eigenvalue weighted by molar-refractivity contribution is 5.97. The molecule has 0 saturated carbocycles. The Kier molecular flexibility index (Phi) is 7.30. The molecule has 6 rings (SSSR count). The summed E-state index contributed by atoms with van der Waals surface area (Å²) in [5.74, 6) is 0.807. The minimum atomic E-state index is -0.987. The van der Waals surface area contributed by atoms with E-state index in [0.717, 1.165) is 49.4 Å². The summed E-state index contributed by atoms with van der Waals surface area (Å²) in [4.78, 5) is 27.5. The van der Waals surface area contributed by atoms with Crippen LogP contribution in [0.2, 0.25) is 0 Å². The third-order valence-electron chi connectivity index (χ3n) is 8.39. The number of nitrogens with zero attached hydrogens (tertiary/aromatic N) is 6. The van der Waals surface area contributed by atoms with Crippen molar-refractivity contribution in [2.45, 2.75) is 51.2 Å². The van der Waals surface area contributed by atoms with Crippen LogP contribution in [0.3, 0.4) is 0 Å². The molecule has 10 nitrogen and oxygen atoms in total. The first-order valence-electron chi connectivity index (χ1n) is 14.1. The summed E-state index contributed by atoms with van der Waals surface area (Å²) in [6.07, 6.45) is 2.12. The Balaban J connectivity index is 1.34. The van der Waals surface area contributed by atoms with Gasteiger partial charge in [0, 0.05) is 48.9 Å². The molecule has 2 unspecified atom stereocenters. The van der Waals surface area contributed by atoms with E-state index in [1.54, 1.807) is 0 Å². The molecule has 3 aromatic rings. The molecule has 208 valence electrons. The highest BCUT2D eigenvalue weighted by Crippen LogP contribution is 2.36. The fraction of sp³-hybridized carbons (Fsp3) is 0.467. The van der Waals surface area contributed by atoms with Crippen LogP contribution >= 0.6 is 0 Å². The zero-order valence-electron chi connectivity index (χ0n) is 22.8. The number of hydrogen-bond acceptors (Lipinski definition) is 8. The van der Waals surface area contributed by atoms with Crippen molar-refractivity contribution >= 4 is 28.4 Å². The number of aryl methyl sites for hydroxylation is 1. The lowest BCUT2D eigenvalue weighted by Crippen LogP contribution is -2.55. The summed E-state index contributed by atoms with van der Waals surface area (Å²) >= 11 is 0. The highest BCUT2D eigenvalue weighted by Gasteiger charge is 2.34. The first-order chi connectivity index (χ1) is 19.5. The van der Waals surface area contributed by atoms with Crippen LogP contribution in [0.1, 0.15) is 36.1 Å². The summed E-state index contributed by atoms with van der Waals surface area (Å²) in [7, 11) is 0. The Labute approximate surface area is 234 Å². The highest BCUT2D eigenvalue weighted by atomic mass is 16.5. The molecule has 3 aliphatic heterocycles. The summed E-state index contributed by atoms with van der Waals surface area (Å²) in [6, 6.07) is 15.2. The van der Waals surface area contributed by atoms with Crippen LogP contribution < -0.4 is 19.9 Å². The van der Waals surface area contributed by atoms with Gasteiger partial charge >= 0.3 is 12.1 Å². The van der Waals surface area contributed by atoms with Crippen LogP contribution in [-0.2, 0) is 13.0 Å². The predicted octanol–water partition coefficient (Wildman–Crippen LogP) is 3.71. The van der Waals surface area contributed by atoms with E-state index in [0.29, 0.717) is 38.8 Å². The van der Waals surface area contributed by atoms with Gasteiger partial charge in [-0.3, -0.25) is 0 Å². The number of hydrogen-bond donors (Lipinski definition) is 2. The molecular formula is C30H35N7O3. The number of rotatable bonds is 6. The van der Waals surface area contributed by atoms with Crippen molar-refractivity contribution in [3.05, 3.63) is 53.2 Å². The normalized spacial score (nSPS) is 20.9. The van der Waals surface area contributed by atoms with Gasteiger partial charge in [0.2, 0.25) is 0 Å². The number of fused-ring (bicyclic) bond motifs is 2. The number of carboxylic acid groups (broad SMARTS) is 1. The lowest BCUT2D eigenvalue weighted by molar-refractivity contribution is 0.119. The Bertz CT molecular complexity index is 1440. The molecular weight excluding hydrogens is 506 g/mol. The Morgan fingerprint density at radius 2 is 2.02 bits per heavy atom. The number of nitriles is 1. The van der Waals surface area contributed by atoms with Gasteiger partial charge in [-0.05, 0) is 49.7 Å². The average Bonchev–Trinajstić information content (AvgIpc) is 3.49. The van der Waals surface area contributed by atoms with Crippen LogP contribution in [0, 0.1) is 18.3 Å². The van der Waals surface area contributed by atoms with Crippen LogP contribution in [0.25, 0.3) is 10.8 Å². The molecule has 2 fully saturated rings. The van der Waals surface area contributed by atoms with E-state index in [9.17, 15) is 15.2 Å². The molecule has 1 aromatic heterocycles. The van der Waals surface area contributed by atoms with Gasteiger partial charge in [-0.2, -0.15) is 15.2 Å². The molecule has 0 radical (unpaired) electrons. The van der Waals surface area contributed by atoms with Crippen molar-refractivity contribution in [2.75, 3.05) is 49.1 Å². The molecule has 0 aliphatic carbocycles. The number of ether oxygens (including phenoxy) is 1. The maximum atomic E-state index is 11.8. The van der Waals surface area contributed by atoms with Crippen molar-refractivity contribution in [1.29, 1.82) is 5.26 Å². The standard InChI is InChI=1S/C30H35N7O3/c1-20-5-2-6-21-7-3-9-26(27(20)21)35-14-11-24-25(18-35)33-29(40-19-22-8-4-13-32-22)34-28(24)36-15-16-37(30(38)39)23(17-36)10-12-31/h2-3,5-7,9,22-23,32H,4,8,10-11,13-19H2,1H3,(H,38,39). The third-order valence-corrected chi connectivity index (χ3v) is 8.39. The number of amides is 1. The summed E-state index contributed by atoms with van der Waals surface area (Å²) in [5.41, 5.74) is 4.46. The molecule has 0 bridgehead atoms. The zero-order chi connectivity index (χ0) is 27.6. The molecule has 2 aromatic carbocycles. The maximum absolute atomic E-state index is 11.8. The number of aromatic nitrogens is 2. The average molecular weight is 542 g/mol. The molecule has 2 atom stereocenters. The maximum Gasteiger partial charge on any atom is 0.407 e. The summed E-state index contributed by atoms with van der Waals surface area (Å²) < 4.78 is 6.16. The first-order valence-corrected chi connectivity index (χ1v) is 14.1. The molecule has 1 amide bonds. The monoisotopic (exact) mass is 541 g/mol. The van der Waals surface area contributed by atoms with Crippen molar-refractivity contribution in [3.63, 3.8) is 0 Å². The van der Waals surface area contributed by atoms with E-state index in [-0.39, 0.29) is 12.5 Å². The second-order valence-electron chi connectivity index (χ2n) is 10.9. The van der Waals surface area contributed by atoms with Gasteiger partial charge < -0.3 is 29.9 Å². The fourth-order valence-corrected chi connectivity index (χ4v) is 6.34. The smallest absolute Gasteiger partial charge is 0.407 e. The van der Waals surface area contributed by atoms with Crippen LogP contribution in [0.15, 0.2) is 36.4 Å². The fourth-order valence-electron chi connectivity index (χ4n) is 6.34. The van der Waals surface area contributed by atoms with Gasteiger partial charge in [-0.1, -0.05) is 30.3 Å². The summed E-state index contributed by atoms with van der Waals surface area (Å²) in [5, 5.41) is 25.0. The van der Waals surface area contributed by atoms with Crippen molar-refractivity contribution < 1.29 is 14.6 Å². The topological polar surface area (TPSA) is 118 Å². The number of anilines is 2. The molecule has 3 aliphatic rings. The second-order valence-corrected chi connectivity index (χ2v) is 10.9. The van der Waals surface area contributed by atoms with Crippen LogP contribution in [0.4, 0.5) is 16.3 Å². The van der Waals surface area contributed by atoms with Crippen LogP contribution in [0.5, 0.6) is 6.01 Å². The summed E-state index contributed by atoms with van der Waals surface area (Å²) in [6.45, 7) is 6.36. The van der Waals surface area contributed by atoms with Gasteiger partial charge in [-0.15, -0.1) is 0 Å².